The van der Waals surface area contributed by atoms with E-state index in [1.807, 2.05) is 54.6 Å². The van der Waals surface area contributed by atoms with Crippen LogP contribution in [0, 0.1) is 0 Å². The number of carbonyl (C=O) groups is 1. The van der Waals surface area contributed by atoms with E-state index < -0.39 is 0 Å². The van der Waals surface area contributed by atoms with Gasteiger partial charge in [0.2, 0.25) is 0 Å². The molecule has 1 amide bonds. The fourth-order valence-corrected chi connectivity index (χ4v) is 4.17. The Morgan fingerprint density at radius 3 is 2.16 bits per heavy atom. The number of carbonyl (C=O) groups excluding carboxylic acids is 1. The number of hydrogen-bond donors (Lipinski definition) is 1. The summed E-state index contributed by atoms with van der Waals surface area (Å²) in [6.45, 7) is 2.97. The molecule has 0 aliphatic rings. The first-order valence-corrected chi connectivity index (χ1v) is 12.5. The Labute approximate surface area is 197 Å². The van der Waals surface area contributed by atoms with E-state index in [0.717, 1.165) is 28.6 Å². The molecule has 2 aromatic carbocycles. The number of benzene rings is 2. The lowest BCUT2D eigenvalue weighted by Gasteiger charge is -2.11. The molecule has 0 aliphatic heterocycles. The molecule has 1 heterocycles. The van der Waals surface area contributed by atoms with Gasteiger partial charge in [-0.2, -0.15) is 0 Å². The molecule has 0 spiro atoms. The van der Waals surface area contributed by atoms with Crippen molar-refractivity contribution in [1.29, 1.82) is 0 Å². The first kappa shape index (κ1) is 24.3. The van der Waals surface area contributed by atoms with E-state index in [0.29, 0.717) is 17.1 Å². The molecule has 0 fully saturated rings. The van der Waals surface area contributed by atoms with E-state index in [1.165, 1.54) is 57.8 Å². The molecule has 3 aromatic rings. The van der Waals surface area contributed by atoms with Crippen molar-refractivity contribution in [2.75, 3.05) is 6.54 Å². The molecule has 0 saturated heterocycles. The first-order chi connectivity index (χ1) is 15.7. The molecule has 32 heavy (non-hydrogen) atoms. The van der Waals surface area contributed by atoms with Crippen molar-refractivity contribution in [3.63, 3.8) is 0 Å². The van der Waals surface area contributed by atoms with Crippen LogP contribution in [-0.4, -0.2) is 17.4 Å². The Morgan fingerprint density at radius 1 is 0.844 bits per heavy atom. The van der Waals surface area contributed by atoms with Gasteiger partial charge in [-0.05, 0) is 30.7 Å². The van der Waals surface area contributed by atoms with Gasteiger partial charge in [-0.1, -0.05) is 107 Å². The van der Waals surface area contributed by atoms with Crippen LogP contribution in [0.1, 0.15) is 81.5 Å². The molecule has 4 heteroatoms. The summed E-state index contributed by atoms with van der Waals surface area (Å²) in [6, 6.07) is 17.3. The molecule has 170 valence electrons. The number of unbranched alkanes of at least 4 members (excludes halogenated alkanes) is 9. The quantitative estimate of drug-likeness (QED) is 0.266. The Hall–Kier alpha value is -2.39. The van der Waals surface area contributed by atoms with Crippen LogP contribution in [0.4, 0.5) is 0 Å². The number of nitrogens with zero attached hydrogens (tertiary/aromatic N) is 1. The van der Waals surface area contributed by atoms with E-state index in [4.69, 9.17) is 16.6 Å². The van der Waals surface area contributed by atoms with E-state index >= 15 is 0 Å². The highest BCUT2D eigenvalue weighted by Crippen LogP contribution is 2.26. The van der Waals surface area contributed by atoms with Crippen LogP contribution >= 0.6 is 11.6 Å². The minimum atomic E-state index is -0.0327. The van der Waals surface area contributed by atoms with Crippen molar-refractivity contribution in [2.45, 2.75) is 71.1 Å². The van der Waals surface area contributed by atoms with Crippen LogP contribution in [0.2, 0.25) is 5.02 Å². The number of hydrogen-bond acceptors (Lipinski definition) is 2. The third-order valence-corrected chi connectivity index (χ3v) is 6.17. The minimum Gasteiger partial charge on any atom is -0.352 e. The molecule has 0 radical (unpaired) electrons. The summed E-state index contributed by atoms with van der Waals surface area (Å²) in [4.78, 5) is 17.8. The van der Waals surface area contributed by atoms with Gasteiger partial charge >= 0.3 is 0 Å². The average Bonchev–Trinajstić information content (AvgIpc) is 2.82. The Balaban J connectivity index is 1.52. The van der Waals surface area contributed by atoms with Crippen molar-refractivity contribution in [2.24, 2.45) is 0 Å². The molecule has 3 rings (SSSR count). The molecular weight excluding hydrogens is 416 g/mol. The molecule has 3 nitrogen and oxygen atoms in total. The van der Waals surface area contributed by atoms with E-state index in [-0.39, 0.29) is 5.91 Å². The lowest BCUT2D eigenvalue weighted by molar-refractivity contribution is 0.0954. The average molecular weight is 451 g/mol. The molecule has 0 bridgehead atoms. The van der Waals surface area contributed by atoms with Gasteiger partial charge in [-0.15, -0.1) is 0 Å². The summed E-state index contributed by atoms with van der Waals surface area (Å²) < 4.78 is 0. The third kappa shape index (κ3) is 7.34. The number of nitrogens with one attached hydrogen (secondary N) is 1. The summed E-state index contributed by atoms with van der Waals surface area (Å²) in [7, 11) is 0. The van der Waals surface area contributed by atoms with Crippen molar-refractivity contribution in [1.82, 2.24) is 10.3 Å². The largest absolute Gasteiger partial charge is 0.352 e. The van der Waals surface area contributed by atoms with Gasteiger partial charge in [0.15, 0.2) is 0 Å². The van der Waals surface area contributed by atoms with Crippen molar-refractivity contribution >= 4 is 28.4 Å². The summed E-state index contributed by atoms with van der Waals surface area (Å²) in [5, 5.41) is 4.68. The lowest BCUT2D eigenvalue weighted by Crippen LogP contribution is -2.24. The lowest BCUT2D eigenvalue weighted by atomic mass is 10.0. The van der Waals surface area contributed by atoms with Crippen molar-refractivity contribution in [3.05, 3.63) is 65.2 Å². The van der Waals surface area contributed by atoms with E-state index in [9.17, 15) is 4.79 Å². The fraction of sp³-hybridized carbons (Fsp3) is 0.429. The number of pyridine rings is 1. The minimum absolute atomic E-state index is 0.0327. The summed E-state index contributed by atoms with van der Waals surface area (Å²) in [6.07, 6.45) is 12.9. The van der Waals surface area contributed by atoms with Gasteiger partial charge in [0.25, 0.3) is 5.91 Å². The zero-order valence-corrected chi connectivity index (χ0v) is 20.0. The second kappa shape index (κ2) is 13.2. The van der Waals surface area contributed by atoms with Crippen LogP contribution in [0.3, 0.4) is 0 Å². The zero-order chi connectivity index (χ0) is 22.6. The van der Waals surface area contributed by atoms with Crippen LogP contribution in [0.25, 0.3) is 22.2 Å². The molecule has 1 N–H and O–H groups in total. The Bertz CT molecular complexity index is 984. The topological polar surface area (TPSA) is 42.0 Å². The number of halogens is 1. The second-order valence-corrected chi connectivity index (χ2v) is 8.95. The van der Waals surface area contributed by atoms with Crippen LogP contribution < -0.4 is 5.32 Å². The molecule has 0 aliphatic carbocycles. The normalized spacial score (nSPS) is 11.1. The third-order valence-electron chi connectivity index (χ3n) is 5.92. The Kier molecular flexibility index (Phi) is 10.0. The highest BCUT2D eigenvalue weighted by Gasteiger charge is 2.13. The highest BCUT2D eigenvalue weighted by atomic mass is 35.5. The van der Waals surface area contributed by atoms with Gasteiger partial charge < -0.3 is 5.32 Å². The predicted molar refractivity (Wildman–Crippen MR) is 136 cm³/mol. The molecule has 1 aromatic heterocycles. The van der Waals surface area contributed by atoms with Gasteiger partial charge in [-0.3, -0.25) is 4.79 Å². The molecule has 0 atom stereocenters. The van der Waals surface area contributed by atoms with Gasteiger partial charge in [-0.25, -0.2) is 4.98 Å². The monoisotopic (exact) mass is 450 g/mol. The standard InChI is InChI=1S/C28H35ClN2O/c1-2-3-4-5-6-7-8-9-10-13-20-30-28(32)25-21-27(22-16-18-23(29)19-17-22)31-26-15-12-11-14-24(25)26/h11-12,14-19,21H,2-10,13,20H2,1H3,(H,30,32). The van der Waals surface area contributed by atoms with Crippen molar-refractivity contribution < 1.29 is 4.79 Å². The number of amides is 1. The van der Waals surface area contributed by atoms with Gasteiger partial charge in [0, 0.05) is 22.5 Å². The zero-order valence-electron chi connectivity index (χ0n) is 19.2. The molecule has 0 unspecified atom stereocenters. The Morgan fingerprint density at radius 2 is 1.47 bits per heavy atom. The summed E-state index contributed by atoms with van der Waals surface area (Å²) >= 11 is 6.03. The maximum Gasteiger partial charge on any atom is 0.252 e. The van der Waals surface area contributed by atoms with Gasteiger partial charge in [0.05, 0.1) is 16.8 Å². The fourth-order valence-electron chi connectivity index (χ4n) is 4.04. The SMILES string of the molecule is CCCCCCCCCCCCNC(=O)c1cc(-c2ccc(Cl)cc2)nc2ccccc12. The van der Waals surface area contributed by atoms with Gasteiger partial charge in [0.1, 0.15) is 0 Å². The number of rotatable bonds is 13. The van der Waals surface area contributed by atoms with Crippen LogP contribution in [0.5, 0.6) is 0 Å². The number of aromatic nitrogens is 1. The summed E-state index contributed by atoms with van der Waals surface area (Å²) in [5.41, 5.74) is 3.23. The van der Waals surface area contributed by atoms with Crippen LogP contribution in [-0.2, 0) is 0 Å². The predicted octanol–water partition coefficient (Wildman–Crippen LogP) is 8.21. The summed E-state index contributed by atoms with van der Waals surface area (Å²) in [5.74, 6) is -0.0327. The number of para-hydroxylation sites is 1. The molecule has 0 saturated carbocycles. The van der Waals surface area contributed by atoms with E-state index in [1.54, 1.807) is 0 Å². The van der Waals surface area contributed by atoms with E-state index in [2.05, 4.69) is 12.2 Å². The maximum absolute atomic E-state index is 13.0. The number of fused-ring (bicyclic) bond motifs is 1. The second-order valence-electron chi connectivity index (χ2n) is 8.52. The van der Waals surface area contributed by atoms with Crippen LogP contribution in [0.15, 0.2) is 54.6 Å². The smallest absolute Gasteiger partial charge is 0.252 e. The highest BCUT2D eigenvalue weighted by molar-refractivity contribution is 6.30. The van der Waals surface area contributed by atoms with Crippen molar-refractivity contribution in [3.8, 4) is 11.3 Å². The molecular formula is C28H35ClN2O. The maximum atomic E-state index is 13.0. The first-order valence-electron chi connectivity index (χ1n) is 12.1.